The third kappa shape index (κ3) is 2.38. The Labute approximate surface area is 92.0 Å². The molecule has 54 valence electrons. The molecule has 4 heteroatoms. The number of aromatic carboxylic acids is 1. The van der Waals surface area contributed by atoms with Gasteiger partial charge < -0.3 is 0 Å². The fourth-order valence-corrected chi connectivity index (χ4v) is 3.07. The van der Waals surface area contributed by atoms with Crippen LogP contribution in [-0.2, 0) is 0 Å². The van der Waals surface area contributed by atoms with Crippen LogP contribution >= 0.6 is 0 Å². The summed E-state index contributed by atoms with van der Waals surface area (Å²) in [6, 6.07) is 5.40. The molecule has 1 rings (SSSR count). The zero-order chi connectivity index (χ0) is 8.43. The van der Waals surface area contributed by atoms with Gasteiger partial charge in [-0.15, -0.1) is 0 Å². The van der Waals surface area contributed by atoms with Crippen molar-refractivity contribution in [3.63, 3.8) is 0 Å². The molecule has 0 amide bonds. The van der Waals surface area contributed by atoms with Crippen LogP contribution in [0.5, 0.6) is 0 Å². The molecular formula is C7H4O2Sb2. The normalized spacial score (nSPS) is 9.64. The van der Waals surface area contributed by atoms with Gasteiger partial charge >= 0.3 is 92.7 Å². The Morgan fingerprint density at radius 1 is 1.36 bits per heavy atom. The number of rotatable bonds is 1. The molecule has 0 bridgehead atoms. The number of hydrogen-bond acceptors (Lipinski definition) is 1. The van der Waals surface area contributed by atoms with Gasteiger partial charge in [0.15, 0.2) is 0 Å². The van der Waals surface area contributed by atoms with Gasteiger partial charge in [-0.3, -0.25) is 0 Å². The van der Waals surface area contributed by atoms with Crippen LogP contribution in [0.1, 0.15) is 10.4 Å². The van der Waals surface area contributed by atoms with Crippen molar-refractivity contribution >= 4 is 59.0 Å². The molecule has 11 heavy (non-hydrogen) atoms. The first-order valence-electron chi connectivity index (χ1n) is 2.86. The summed E-state index contributed by atoms with van der Waals surface area (Å²) in [4.78, 5) is 10.5. The van der Waals surface area contributed by atoms with Crippen molar-refractivity contribution in [2.45, 2.75) is 0 Å². The zero-order valence-electron chi connectivity index (χ0n) is 5.48. The minimum absolute atomic E-state index is 0.415. The molecule has 4 radical (unpaired) electrons. The van der Waals surface area contributed by atoms with Gasteiger partial charge in [0.25, 0.3) is 0 Å². The second-order valence-corrected chi connectivity index (χ2v) is 4.86. The number of hydrogen-bond donors (Lipinski definition) is 1. The summed E-state index contributed by atoms with van der Waals surface area (Å²) in [6.07, 6.45) is 0. The SMILES string of the molecule is O=C(O)c1cc[c]([Sb])c[c]1[Sb]. The molecule has 0 heterocycles. The monoisotopic (exact) mass is 362 g/mol. The topological polar surface area (TPSA) is 37.3 Å². The van der Waals surface area contributed by atoms with Crippen LogP contribution in [0.3, 0.4) is 0 Å². The van der Waals surface area contributed by atoms with E-state index in [1.54, 1.807) is 29.1 Å². The molecule has 0 atom stereocenters. The predicted molar refractivity (Wildman–Crippen MR) is 44.2 cm³/mol. The third-order valence-electron chi connectivity index (χ3n) is 1.21. The molecule has 0 saturated carbocycles. The summed E-state index contributed by atoms with van der Waals surface area (Å²) < 4.78 is 2.03. The Kier molecular flexibility index (Phi) is 3.27. The summed E-state index contributed by atoms with van der Waals surface area (Å²) >= 11 is 3.05. The summed E-state index contributed by atoms with van der Waals surface area (Å²) in [5.41, 5.74) is 0.415. The van der Waals surface area contributed by atoms with Crippen molar-refractivity contribution in [2.75, 3.05) is 0 Å². The summed E-state index contributed by atoms with van der Waals surface area (Å²) in [5, 5.41) is 8.67. The van der Waals surface area contributed by atoms with E-state index in [0.717, 1.165) is 7.02 Å². The van der Waals surface area contributed by atoms with Crippen LogP contribution in [0, 0.1) is 0 Å². The molecule has 1 N–H and O–H groups in total. The Balaban J connectivity index is 3.20. The van der Waals surface area contributed by atoms with E-state index in [1.165, 1.54) is 23.0 Å². The van der Waals surface area contributed by atoms with Crippen molar-refractivity contribution < 1.29 is 9.90 Å². The van der Waals surface area contributed by atoms with Crippen molar-refractivity contribution in [2.24, 2.45) is 0 Å². The molecule has 1 aromatic rings. The minimum atomic E-state index is -0.841. The standard InChI is InChI=1S/C7H4O2.2Sb/c8-7(9)6-4-2-1-3-5-6;;/h2-4H,(H,8,9);;. The van der Waals surface area contributed by atoms with Crippen LogP contribution < -0.4 is 7.02 Å². The molecule has 2 nitrogen and oxygen atoms in total. The van der Waals surface area contributed by atoms with Gasteiger partial charge in [0, 0.05) is 0 Å². The second kappa shape index (κ2) is 3.82. The summed E-state index contributed by atoms with van der Waals surface area (Å²) in [7, 11) is 0. The fraction of sp³-hybridized carbons (Fsp3) is 0. The molecule has 0 spiro atoms. The number of carboxylic acids is 1. The summed E-state index contributed by atoms with van der Waals surface area (Å²) in [5.74, 6) is -0.841. The molecule has 0 saturated heterocycles. The van der Waals surface area contributed by atoms with Gasteiger partial charge in [0.05, 0.1) is 0 Å². The predicted octanol–water partition coefficient (Wildman–Crippen LogP) is -1.03. The Morgan fingerprint density at radius 2 is 2.00 bits per heavy atom. The first-order chi connectivity index (χ1) is 5.11. The first kappa shape index (κ1) is 9.41. The fourth-order valence-electron chi connectivity index (χ4n) is 0.701. The average Bonchev–Trinajstić information content (AvgIpc) is 1.85. The van der Waals surface area contributed by atoms with E-state index in [1.807, 2.05) is 12.1 Å². The average molecular weight is 364 g/mol. The Bertz CT molecular complexity index is 296. The van der Waals surface area contributed by atoms with E-state index < -0.39 is 5.97 Å². The Hall–Kier alpha value is 0.326. The summed E-state index contributed by atoms with van der Waals surface area (Å²) in [6.45, 7) is 0. The number of carboxylic acid groups (broad SMARTS) is 1. The molecule has 0 unspecified atom stereocenters. The van der Waals surface area contributed by atoms with E-state index in [0.29, 0.717) is 5.56 Å². The number of carbonyl (C=O) groups is 1. The second-order valence-electron chi connectivity index (χ2n) is 2.01. The van der Waals surface area contributed by atoms with Crippen LogP contribution in [0.15, 0.2) is 18.2 Å². The molecule has 1 aromatic carbocycles. The van der Waals surface area contributed by atoms with Crippen molar-refractivity contribution in [3.8, 4) is 0 Å². The molecular weight excluding hydrogens is 360 g/mol. The van der Waals surface area contributed by atoms with E-state index in [-0.39, 0.29) is 0 Å². The van der Waals surface area contributed by atoms with Crippen molar-refractivity contribution in [3.05, 3.63) is 23.8 Å². The number of benzene rings is 1. The molecule has 0 aliphatic carbocycles. The van der Waals surface area contributed by atoms with Crippen LogP contribution in [0.25, 0.3) is 0 Å². The van der Waals surface area contributed by atoms with Gasteiger partial charge in [-0.25, -0.2) is 0 Å². The van der Waals surface area contributed by atoms with Crippen molar-refractivity contribution in [1.29, 1.82) is 0 Å². The van der Waals surface area contributed by atoms with E-state index in [9.17, 15) is 4.79 Å². The van der Waals surface area contributed by atoms with Crippen molar-refractivity contribution in [1.82, 2.24) is 0 Å². The van der Waals surface area contributed by atoms with Gasteiger partial charge in [0.2, 0.25) is 0 Å². The molecule has 0 aliphatic rings. The Morgan fingerprint density at radius 3 is 2.45 bits per heavy atom. The van der Waals surface area contributed by atoms with Crippen LogP contribution in [0.2, 0.25) is 0 Å². The van der Waals surface area contributed by atoms with Gasteiger partial charge in [0.1, 0.15) is 0 Å². The van der Waals surface area contributed by atoms with Crippen LogP contribution in [-0.4, -0.2) is 57.1 Å². The van der Waals surface area contributed by atoms with E-state index >= 15 is 0 Å². The van der Waals surface area contributed by atoms with Gasteiger partial charge in [-0.2, -0.15) is 0 Å². The third-order valence-corrected chi connectivity index (χ3v) is 3.06. The molecule has 0 aromatic heterocycles. The molecule has 0 aliphatic heterocycles. The molecule has 0 fully saturated rings. The quantitative estimate of drug-likeness (QED) is 0.648. The van der Waals surface area contributed by atoms with E-state index in [4.69, 9.17) is 5.11 Å². The zero-order valence-corrected chi connectivity index (χ0v) is 10.6. The van der Waals surface area contributed by atoms with Gasteiger partial charge in [-0.1, -0.05) is 0 Å². The van der Waals surface area contributed by atoms with Gasteiger partial charge in [-0.05, 0) is 0 Å². The maximum absolute atomic E-state index is 10.5. The van der Waals surface area contributed by atoms with E-state index in [2.05, 4.69) is 0 Å². The van der Waals surface area contributed by atoms with Crippen LogP contribution in [0.4, 0.5) is 0 Å². The maximum atomic E-state index is 10.5. The first-order valence-corrected chi connectivity index (χ1v) is 5.42.